The van der Waals surface area contributed by atoms with Crippen molar-refractivity contribution in [3.63, 3.8) is 0 Å². The van der Waals surface area contributed by atoms with Gasteiger partial charge in [0.15, 0.2) is 0 Å². The van der Waals surface area contributed by atoms with Crippen LogP contribution in [0.4, 0.5) is 4.79 Å². The Labute approximate surface area is 110 Å². The molecule has 18 heavy (non-hydrogen) atoms. The number of amides is 2. The van der Waals surface area contributed by atoms with Gasteiger partial charge >= 0.3 is 0 Å². The second kappa shape index (κ2) is 5.27. The summed E-state index contributed by atoms with van der Waals surface area (Å²) >= 11 is 0.946. The van der Waals surface area contributed by atoms with Crippen molar-refractivity contribution in [2.24, 2.45) is 0 Å². The Kier molecular flexibility index (Phi) is 3.72. The molecule has 0 spiro atoms. The summed E-state index contributed by atoms with van der Waals surface area (Å²) in [5, 5.41) is -0.250. The SMILES string of the molecule is CCOc1ccccc1/C=C1\SC(=O)N(C)C1=O. The fourth-order valence-electron chi connectivity index (χ4n) is 1.57. The standard InChI is InChI=1S/C13H13NO3S/c1-3-17-10-7-5-4-6-9(10)8-11-12(15)14(2)13(16)18-11/h4-8H,3H2,1-2H3/b11-8-. The first-order valence-electron chi connectivity index (χ1n) is 5.57. The van der Waals surface area contributed by atoms with Crippen molar-refractivity contribution in [3.05, 3.63) is 34.7 Å². The number of para-hydroxylation sites is 1. The highest BCUT2D eigenvalue weighted by Crippen LogP contribution is 2.32. The summed E-state index contributed by atoms with van der Waals surface area (Å²) in [5.74, 6) is 0.444. The number of carbonyl (C=O) groups is 2. The van der Waals surface area contributed by atoms with Crippen LogP contribution in [0.1, 0.15) is 12.5 Å². The molecule has 0 radical (unpaired) electrons. The molecular formula is C13H13NO3S. The van der Waals surface area contributed by atoms with Crippen molar-refractivity contribution in [2.75, 3.05) is 13.7 Å². The Hall–Kier alpha value is -1.75. The van der Waals surface area contributed by atoms with Crippen molar-refractivity contribution >= 4 is 29.0 Å². The number of imide groups is 1. The van der Waals surface area contributed by atoms with Gasteiger partial charge in [-0.3, -0.25) is 14.5 Å². The van der Waals surface area contributed by atoms with Gasteiger partial charge in [0.2, 0.25) is 0 Å². The Bertz CT molecular complexity index is 525. The van der Waals surface area contributed by atoms with Crippen LogP contribution in [0.15, 0.2) is 29.2 Å². The van der Waals surface area contributed by atoms with Gasteiger partial charge in [0, 0.05) is 12.6 Å². The largest absolute Gasteiger partial charge is 0.493 e. The topological polar surface area (TPSA) is 46.6 Å². The Morgan fingerprint density at radius 3 is 2.67 bits per heavy atom. The Balaban J connectivity index is 2.34. The van der Waals surface area contributed by atoms with E-state index in [-0.39, 0.29) is 11.1 Å². The molecule has 1 aliphatic heterocycles. The third-order valence-corrected chi connectivity index (χ3v) is 3.45. The minimum Gasteiger partial charge on any atom is -0.493 e. The fraction of sp³-hybridized carbons (Fsp3) is 0.231. The number of likely N-dealkylation sites (N-methyl/N-ethyl adjacent to an activating group) is 1. The summed E-state index contributed by atoms with van der Waals surface area (Å²) in [6, 6.07) is 7.43. The van der Waals surface area contributed by atoms with E-state index in [0.29, 0.717) is 17.3 Å². The first kappa shape index (κ1) is 12.7. The van der Waals surface area contributed by atoms with E-state index in [1.165, 1.54) is 7.05 Å². The third-order valence-electron chi connectivity index (χ3n) is 2.49. The number of nitrogens with zero attached hydrogens (tertiary/aromatic N) is 1. The molecule has 0 atom stereocenters. The van der Waals surface area contributed by atoms with Gasteiger partial charge < -0.3 is 4.74 Å². The molecule has 0 saturated carbocycles. The Morgan fingerprint density at radius 1 is 1.33 bits per heavy atom. The first-order chi connectivity index (χ1) is 8.63. The van der Waals surface area contributed by atoms with Crippen LogP contribution in [-0.4, -0.2) is 29.7 Å². The van der Waals surface area contributed by atoms with E-state index in [0.717, 1.165) is 22.2 Å². The van der Waals surface area contributed by atoms with Gasteiger partial charge in [-0.1, -0.05) is 18.2 Å². The summed E-state index contributed by atoms with van der Waals surface area (Å²) in [6.07, 6.45) is 1.69. The highest BCUT2D eigenvalue weighted by molar-refractivity contribution is 8.18. The molecule has 0 aliphatic carbocycles. The molecule has 1 aliphatic rings. The second-order valence-electron chi connectivity index (χ2n) is 3.71. The molecule has 1 aromatic carbocycles. The fourth-order valence-corrected chi connectivity index (χ4v) is 2.39. The molecule has 0 bridgehead atoms. The average molecular weight is 263 g/mol. The van der Waals surface area contributed by atoms with Gasteiger partial charge in [-0.05, 0) is 30.8 Å². The van der Waals surface area contributed by atoms with E-state index >= 15 is 0 Å². The quantitative estimate of drug-likeness (QED) is 0.787. The minimum absolute atomic E-state index is 0.250. The van der Waals surface area contributed by atoms with E-state index < -0.39 is 0 Å². The van der Waals surface area contributed by atoms with Gasteiger partial charge in [-0.15, -0.1) is 0 Å². The normalized spacial score (nSPS) is 17.7. The maximum atomic E-state index is 11.8. The molecule has 2 rings (SSSR count). The van der Waals surface area contributed by atoms with Crippen molar-refractivity contribution < 1.29 is 14.3 Å². The third kappa shape index (κ3) is 2.41. The van der Waals surface area contributed by atoms with E-state index in [1.807, 2.05) is 31.2 Å². The zero-order chi connectivity index (χ0) is 13.1. The van der Waals surface area contributed by atoms with Crippen LogP contribution < -0.4 is 4.74 Å². The van der Waals surface area contributed by atoms with Crippen LogP contribution in [0.2, 0.25) is 0 Å². The number of benzene rings is 1. The molecule has 1 heterocycles. The van der Waals surface area contributed by atoms with Crippen LogP contribution in [0.3, 0.4) is 0 Å². The molecule has 1 saturated heterocycles. The second-order valence-corrected chi connectivity index (χ2v) is 4.70. The Morgan fingerprint density at radius 2 is 2.06 bits per heavy atom. The van der Waals surface area contributed by atoms with Crippen LogP contribution in [0, 0.1) is 0 Å². The predicted molar refractivity (Wildman–Crippen MR) is 71.3 cm³/mol. The smallest absolute Gasteiger partial charge is 0.293 e. The molecule has 5 heteroatoms. The maximum Gasteiger partial charge on any atom is 0.293 e. The number of carbonyl (C=O) groups excluding carboxylic acids is 2. The summed E-state index contributed by atoms with van der Waals surface area (Å²) in [5.41, 5.74) is 0.804. The number of thioether (sulfide) groups is 1. The molecule has 0 unspecified atom stereocenters. The molecular weight excluding hydrogens is 250 g/mol. The number of hydrogen-bond acceptors (Lipinski definition) is 4. The maximum absolute atomic E-state index is 11.8. The van der Waals surface area contributed by atoms with Gasteiger partial charge in [0.05, 0.1) is 11.5 Å². The molecule has 0 aromatic heterocycles. The number of ether oxygens (including phenoxy) is 1. The van der Waals surface area contributed by atoms with Gasteiger partial charge in [0.25, 0.3) is 11.1 Å². The van der Waals surface area contributed by atoms with Crippen molar-refractivity contribution in [3.8, 4) is 5.75 Å². The highest BCUT2D eigenvalue weighted by atomic mass is 32.2. The molecule has 4 nitrogen and oxygen atoms in total. The van der Waals surface area contributed by atoms with Gasteiger partial charge in [-0.25, -0.2) is 0 Å². The summed E-state index contributed by atoms with van der Waals surface area (Å²) in [7, 11) is 1.48. The van der Waals surface area contributed by atoms with E-state index in [2.05, 4.69) is 0 Å². The van der Waals surface area contributed by atoms with E-state index in [4.69, 9.17) is 4.74 Å². The van der Waals surface area contributed by atoms with E-state index in [1.54, 1.807) is 6.08 Å². The summed E-state index contributed by atoms with van der Waals surface area (Å²) < 4.78 is 5.47. The molecule has 2 amide bonds. The van der Waals surface area contributed by atoms with Gasteiger partial charge in [-0.2, -0.15) is 0 Å². The predicted octanol–water partition coefficient (Wildman–Crippen LogP) is 2.75. The van der Waals surface area contributed by atoms with Crippen molar-refractivity contribution in [1.29, 1.82) is 0 Å². The molecule has 94 valence electrons. The number of rotatable bonds is 3. The van der Waals surface area contributed by atoms with Crippen LogP contribution in [-0.2, 0) is 4.79 Å². The monoisotopic (exact) mass is 263 g/mol. The summed E-state index contributed by atoms with van der Waals surface area (Å²) in [4.78, 5) is 24.7. The first-order valence-corrected chi connectivity index (χ1v) is 6.38. The van der Waals surface area contributed by atoms with Gasteiger partial charge in [0.1, 0.15) is 5.75 Å². The van der Waals surface area contributed by atoms with E-state index in [9.17, 15) is 9.59 Å². The lowest BCUT2D eigenvalue weighted by Crippen LogP contribution is -2.22. The molecule has 0 N–H and O–H groups in total. The molecule has 1 aromatic rings. The lowest BCUT2D eigenvalue weighted by molar-refractivity contribution is -0.121. The molecule has 1 fully saturated rings. The highest BCUT2D eigenvalue weighted by Gasteiger charge is 2.31. The average Bonchev–Trinajstić information content (AvgIpc) is 2.60. The van der Waals surface area contributed by atoms with Crippen molar-refractivity contribution in [1.82, 2.24) is 4.90 Å². The zero-order valence-electron chi connectivity index (χ0n) is 10.2. The van der Waals surface area contributed by atoms with Crippen molar-refractivity contribution in [2.45, 2.75) is 6.92 Å². The van der Waals surface area contributed by atoms with Crippen LogP contribution in [0.5, 0.6) is 5.75 Å². The number of hydrogen-bond donors (Lipinski definition) is 0. The summed E-state index contributed by atoms with van der Waals surface area (Å²) in [6.45, 7) is 2.46. The van der Waals surface area contributed by atoms with Crippen LogP contribution >= 0.6 is 11.8 Å². The zero-order valence-corrected chi connectivity index (χ0v) is 11.0. The minimum atomic E-state index is -0.267. The lowest BCUT2D eigenvalue weighted by atomic mass is 10.2. The lowest BCUT2D eigenvalue weighted by Gasteiger charge is -2.06. The van der Waals surface area contributed by atoms with Crippen LogP contribution in [0.25, 0.3) is 6.08 Å².